The summed E-state index contributed by atoms with van der Waals surface area (Å²) in [5.74, 6) is -0.251. The maximum Gasteiger partial charge on any atom is 0.331 e. The highest BCUT2D eigenvalue weighted by Crippen LogP contribution is 2.38. The molecule has 2 rings (SSSR count). The molecule has 0 saturated heterocycles. The third-order valence-electron chi connectivity index (χ3n) is 3.36. The number of hydrogen-bond donors (Lipinski definition) is 1. The zero-order valence-corrected chi connectivity index (χ0v) is 11.9. The van der Waals surface area contributed by atoms with Crippen molar-refractivity contribution in [1.82, 2.24) is 0 Å². The van der Waals surface area contributed by atoms with Gasteiger partial charge in [0.25, 0.3) is 0 Å². The minimum Gasteiger partial charge on any atom is -0.467 e. The number of methoxy groups -OCH3 is 1. The minimum atomic E-state index is -0.678. The molecule has 0 spiro atoms. The Morgan fingerprint density at radius 3 is 2.58 bits per heavy atom. The van der Waals surface area contributed by atoms with Gasteiger partial charge in [0.1, 0.15) is 5.54 Å². The summed E-state index contributed by atoms with van der Waals surface area (Å²) >= 11 is 5.85. The van der Waals surface area contributed by atoms with Gasteiger partial charge >= 0.3 is 5.97 Å². The van der Waals surface area contributed by atoms with Crippen LogP contribution in [0.1, 0.15) is 19.8 Å². The quantitative estimate of drug-likeness (QED) is 0.844. The summed E-state index contributed by atoms with van der Waals surface area (Å²) in [5, 5.41) is 3.91. The van der Waals surface area contributed by atoms with Crippen LogP contribution >= 0.6 is 11.6 Å². The Bertz CT molecular complexity index is 441. The number of ether oxygens (including phenoxy) is 2. The zero-order valence-electron chi connectivity index (χ0n) is 11.1. The minimum absolute atomic E-state index is 0.115. The molecule has 0 amide bonds. The lowest BCUT2D eigenvalue weighted by Crippen LogP contribution is -2.59. The van der Waals surface area contributed by atoms with Crippen molar-refractivity contribution >= 4 is 23.3 Å². The molecule has 19 heavy (non-hydrogen) atoms. The average molecular weight is 284 g/mol. The van der Waals surface area contributed by atoms with Crippen molar-refractivity contribution in [2.45, 2.75) is 31.4 Å². The first-order valence-electron chi connectivity index (χ1n) is 6.33. The fraction of sp³-hybridized carbons (Fsp3) is 0.500. The number of nitrogens with one attached hydrogen (secondary N) is 1. The molecule has 1 aliphatic carbocycles. The molecular weight excluding hydrogens is 266 g/mol. The molecule has 5 heteroatoms. The number of esters is 1. The van der Waals surface area contributed by atoms with Gasteiger partial charge in [-0.05, 0) is 31.2 Å². The van der Waals surface area contributed by atoms with Crippen LogP contribution in [0.25, 0.3) is 0 Å². The largest absolute Gasteiger partial charge is 0.467 e. The van der Waals surface area contributed by atoms with E-state index in [1.807, 2.05) is 19.1 Å². The molecule has 1 aromatic rings. The normalized spacial score (nSPS) is 25.5. The van der Waals surface area contributed by atoms with Crippen LogP contribution < -0.4 is 5.32 Å². The summed E-state index contributed by atoms with van der Waals surface area (Å²) in [6.07, 6.45) is 1.36. The first-order valence-corrected chi connectivity index (χ1v) is 6.71. The van der Waals surface area contributed by atoms with E-state index < -0.39 is 5.54 Å². The van der Waals surface area contributed by atoms with Crippen LogP contribution in [0.4, 0.5) is 5.69 Å². The maximum atomic E-state index is 12.0. The molecule has 4 nitrogen and oxygen atoms in total. The summed E-state index contributed by atoms with van der Waals surface area (Å²) in [5.41, 5.74) is 0.173. The zero-order chi connectivity index (χ0) is 13.9. The highest BCUT2D eigenvalue weighted by Gasteiger charge is 2.52. The molecule has 104 valence electrons. The molecule has 1 fully saturated rings. The Balaban J connectivity index is 2.08. The third-order valence-corrected chi connectivity index (χ3v) is 3.61. The van der Waals surface area contributed by atoms with Crippen LogP contribution in [0, 0.1) is 0 Å². The van der Waals surface area contributed by atoms with Crippen LogP contribution in [0.2, 0.25) is 5.02 Å². The van der Waals surface area contributed by atoms with Gasteiger partial charge in [0.2, 0.25) is 0 Å². The van der Waals surface area contributed by atoms with Crippen molar-refractivity contribution in [3.63, 3.8) is 0 Å². The second-order valence-corrected chi connectivity index (χ2v) is 5.13. The summed E-state index contributed by atoms with van der Waals surface area (Å²) < 4.78 is 10.4. The molecule has 1 N–H and O–H groups in total. The number of carbonyl (C=O) groups excluding carboxylic acids is 1. The maximum absolute atomic E-state index is 12.0. The fourth-order valence-corrected chi connectivity index (χ4v) is 2.52. The Hall–Kier alpha value is -1.26. The molecular formula is C14H18ClNO3. The molecule has 0 aliphatic heterocycles. The topological polar surface area (TPSA) is 47.6 Å². The van der Waals surface area contributed by atoms with E-state index in [2.05, 4.69) is 5.32 Å². The lowest BCUT2D eigenvalue weighted by atomic mass is 9.74. The number of halogens is 1. The second kappa shape index (κ2) is 5.80. The van der Waals surface area contributed by atoms with Gasteiger partial charge < -0.3 is 14.8 Å². The predicted octanol–water partition coefficient (Wildman–Crippen LogP) is 2.86. The highest BCUT2D eigenvalue weighted by molar-refractivity contribution is 6.30. The Kier molecular flexibility index (Phi) is 4.32. The lowest BCUT2D eigenvalue weighted by Gasteiger charge is -2.45. The van der Waals surface area contributed by atoms with Crippen molar-refractivity contribution in [2.24, 2.45) is 0 Å². The van der Waals surface area contributed by atoms with Gasteiger partial charge in [-0.2, -0.15) is 0 Å². The number of benzene rings is 1. The number of carbonyl (C=O) groups is 1. The van der Waals surface area contributed by atoms with E-state index in [-0.39, 0.29) is 12.1 Å². The van der Waals surface area contributed by atoms with E-state index >= 15 is 0 Å². The van der Waals surface area contributed by atoms with Crippen molar-refractivity contribution < 1.29 is 14.3 Å². The smallest absolute Gasteiger partial charge is 0.331 e. The van der Waals surface area contributed by atoms with Crippen LogP contribution in [-0.4, -0.2) is 31.3 Å². The molecule has 1 saturated carbocycles. The Morgan fingerprint density at radius 1 is 1.42 bits per heavy atom. The predicted molar refractivity (Wildman–Crippen MR) is 74.5 cm³/mol. The summed E-state index contributed by atoms with van der Waals surface area (Å²) in [7, 11) is 1.40. The van der Waals surface area contributed by atoms with Gasteiger partial charge in [0.15, 0.2) is 0 Å². The van der Waals surface area contributed by atoms with Crippen molar-refractivity contribution in [1.29, 1.82) is 0 Å². The summed E-state index contributed by atoms with van der Waals surface area (Å²) in [6.45, 7) is 2.60. The Labute approximate surface area is 118 Å². The first kappa shape index (κ1) is 14.2. The van der Waals surface area contributed by atoms with E-state index in [9.17, 15) is 4.79 Å². The molecule has 0 heterocycles. The van der Waals surface area contributed by atoms with Crippen LogP contribution in [0.3, 0.4) is 0 Å². The van der Waals surface area contributed by atoms with E-state index in [0.717, 1.165) is 5.69 Å². The molecule has 0 unspecified atom stereocenters. The fourth-order valence-electron chi connectivity index (χ4n) is 2.40. The average Bonchev–Trinajstić information content (AvgIpc) is 2.37. The van der Waals surface area contributed by atoms with E-state index in [4.69, 9.17) is 21.1 Å². The van der Waals surface area contributed by atoms with Crippen molar-refractivity contribution in [3.8, 4) is 0 Å². The molecule has 0 aromatic heterocycles. The van der Waals surface area contributed by atoms with Gasteiger partial charge in [-0.25, -0.2) is 4.79 Å². The van der Waals surface area contributed by atoms with Gasteiger partial charge in [0.05, 0.1) is 13.2 Å². The van der Waals surface area contributed by atoms with Gasteiger partial charge in [-0.1, -0.05) is 11.6 Å². The lowest BCUT2D eigenvalue weighted by molar-refractivity contribution is -0.155. The number of anilines is 1. The van der Waals surface area contributed by atoms with E-state index in [0.29, 0.717) is 24.5 Å². The van der Waals surface area contributed by atoms with Crippen LogP contribution in [-0.2, 0) is 14.3 Å². The molecule has 0 radical (unpaired) electrons. The standard InChI is InChI=1S/C14H18ClNO3/c1-3-19-12-8-14(9-12,13(17)18-2)16-11-6-4-10(15)5-7-11/h4-7,12,16H,3,8-9H2,1-2H3. The second-order valence-electron chi connectivity index (χ2n) is 4.69. The summed E-state index contributed by atoms with van der Waals surface area (Å²) in [6, 6.07) is 7.27. The monoisotopic (exact) mass is 283 g/mol. The highest BCUT2D eigenvalue weighted by atomic mass is 35.5. The van der Waals surface area contributed by atoms with Gasteiger partial charge in [0, 0.05) is 30.2 Å². The van der Waals surface area contributed by atoms with Crippen molar-refractivity contribution in [2.75, 3.05) is 19.0 Å². The third kappa shape index (κ3) is 3.01. The van der Waals surface area contributed by atoms with Gasteiger partial charge in [-0.3, -0.25) is 0 Å². The molecule has 0 atom stereocenters. The molecule has 1 aliphatic rings. The first-order chi connectivity index (χ1) is 9.09. The van der Waals surface area contributed by atoms with Crippen LogP contribution in [0.15, 0.2) is 24.3 Å². The van der Waals surface area contributed by atoms with E-state index in [1.165, 1.54) is 7.11 Å². The van der Waals surface area contributed by atoms with Gasteiger partial charge in [-0.15, -0.1) is 0 Å². The molecule has 1 aromatic carbocycles. The number of rotatable bonds is 5. The van der Waals surface area contributed by atoms with E-state index in [1.54, 1.807) is 12.1 Å². The summed E-state index contributed by atoms with van der Waals surface area (Å²) in [4.78, 5) is 12.0. The molecule has 0 bridgehead atoms. The van der Waals surface area contributed by atoms with Crippen molar-refractivity contribution in [3.05, 3.63) is 29.3 Å². The SMILES string of the molecule is CCOC1CC(Nc2ccc(Cl)cc2)(C(=O)OC)C1. The number of hydrogen-bond acceptors (Lipinski definition) is 4. The van der Waals surface area contributed by atoms with Crippen LogP contribution in [0.5, 0.6) is 0 Å². The Morgan fingerprint density at radius 2 is 2.05 bits per heavy atom.